The van der Waals surface area contributed by atoms with Crippen LogP contribution >= 0.6 is 0 Å². The molecule has 55 heavy (non-hydrogen) atoms. The second kappa shape index (κ2) is 12.8. The third-order valence-corrected chi connectivity index (χ3v) is 11.2. The van der Waals surface area contributed by atoms with E-state index in [2.05, 4.69) is 191 Å². The van der Waals surface area contributed by atoms with Crippen LogP contribution in [0.5, 0.6) is 0 Å². The van der Waals surface area contributed by atoms with E-state index < -0.39 is 5.41 Å². The minimum Gasteiger partial charge on any atom is -0.309 e. The number of aromatic nitrogens is 2. The highest BCUT2D eigenvalue weighted by Gasteiger charge is 2.39. The van der Waals surface area contributed by atoms with Crippen LogP contribution in [0.2, 0.25) is 0 Å². The van der Waals surface area contributed by atoms with Gasteiger partial charge in [0.1, 0.15) is 12.1 Å². The Morgan fingerprint density at radius 2 is 0.673 bits per heavy atom. The molecule has 0 amide bonds. The smallest absolute Gasteiger partial charge is 0.101 e. The molecule has 0 aliphatic carbocycles. The van der Waals surface area contributed by atoms with Gasteiger partial charge in [-0.2, -0.15) is 10.5 Å². The van der Waals surface area contributed by atoms with Crippen LogP contribution in [0, 0.1) is 22.7 Å². The summed E-state index contributed by atoms with van der Waals surface area (Å²) in [5.74, 6) is 0. The van der Waals surface area contributed by atoms with Crippen molar-refractivity contribution in [3.8, 4) is 23.5 Å². The maximum Gasteiger partial charge on any atom is 0.101 e. The summed E-state index contributed by atoms with van der Waals surface area (Å²) in [4.78, 5) is 0. The molecule has 0 unspecified atom stereocenters. The Labute approximate surface area is 318 Å². The summed E-state index contributed by atoms with van der Waals surface area (Å²) < 4.78 is 4.66. The van der Waals surface area contributed by atoms with Crippen LogP contribution in [-0.4, -0.2) is 9.13 Å². The van der Waals surface area contributed by atoms with Crippen LogP contribution in [0.25, 0.3) is 55.0 Å². The minimum absolute atomic E-state index is 0.351. The molecule has 0 atom stereocenters. The topological polar surface area (TPSA) is 57.4 Å². The molecular formula is C51H32N4. The van der Waals surface area contributed by atoms with Crippen molar-refractivity contribution in [3.63, 3.8) is 0 Å². The van der Waals surface area contributed by atoms with Gasteiger partial charge in [0.25, 0.3) is 0 Å². The molecule has 0 spiro atoms. The predicted octanol–water partition coefficient (Wildman–Crippen LogP) is 12.0. The Hall–Kier alpha value is -7.66. The van der Waals surface area contributed by atoms with E-state index in [9.17, 15) is 10.5 Å². The Bertz CT molecular complexity index is 2890. The number of rotatable bonds is 6. The average Bonchev–Trinajstić information content (AvgIpc) is 3.78. The first kappa shape index (κ1) is 32.0. The van der Waals surface area contributed by atoms with Crippen molar-refractivity contribution in [3.05, 3.63) is 228 Å². The lowest BCUT2D eigenvalue weighted by Crippen LogP contribution is -2.31. The van der Waals surface area contributed by atoms with Crippen LogP contribution in [0.4, 0.5) is 0 Å². The Morgan fingerprint density at radius 3 is 1.07 bits per heavy atom. The highest BCUT2D eigenvalue weighted by atomic mass is 15.0. The molecule has 0 aliphatic heterocycles. The van der Waals surface area contributed by atoms with Gasteiger partial charge in [-0.25, -0.2) is 0 Å². The van der Waals surface area contributed by atoms with Gasteiger partial charge < -0.3 is 9.13 Å². The van der Waals surface area contributed by atoms with E-state index in [1.54, 1.807) is 6.07 Å². The zero-order valence-electron chi connectivity index (χ0n) is 29.8. The van der Waals surface area contributed by atoms with Crippen molar-refractivity contribution in [1.29, 1.82) is 10.5 Å². The van der Waals surface area contributed by atoms with E-state index in [4.69, 9.17) is 0 Å². The molecule has 0 bridgehead atoms. The molecule has 2 aromatic heterocycles. The summed E-state index contributed by atoms with van der Waals surface area (Å²) in [6.07, 6.45) is 0. The zero-order valence-corrected chi connectivity index (χ0v) is 29.8. The van der Waals surface area contributed by atoms with Gasteiger partial charge in [-0.15, -0.1) is 0 Å². The molecule has 10 aromatic rings. The predicted molar refractivity (Wildman–Crippen MR) is 223 cm³/mol. The first-order valence-corrected chi connectivity index (χ1v) is 18.4. The molecule has 0 radical (unpaired) electrons. The van der Waals surface area contributed by atoms with Crippen molar-refractivity contribution in [2.45, 2.75) is 5.41 Å². The van der Waals surface area contributed by atoms with Crippen molar-refractivity contribution >= 4 is 43.6 Å². The number of fused-ring (bicyclic) bond motifs is 6. The van der Waals surface area contributed by atoms with Crippen LogP contribution < -0.4 is 0 Å². The fourth-order valence-corrected chi connectivity index (χ4v) is 8.78. The van der Waals surface area contributed by atoms with Gasteiger partial charge in [-0.3, -0.25) is 0 Å². The Morgan fingerprint density at radius 1 is 0.327 bits per heavy atom. The standard InChI is InChI=1S/C51H32N4/c52-33-35-22-23-40(32-36(35)34-53)51(37-12-2-1-3-13-37,38-24-28-41(29-25-38)54-47-18-8-4-14-43(47)44-15-5-9-19-48(44)54)39-26-30-42(31-27-39)55-49-20-10-6-16-45(49)46-17-7-11-21-50(46)55/h1-32H. The molecule has 256 valence electrons. The maximum atomic E-state index is 10.3. The first-order valence-electron chi connectivity index (χ1n) is 18.4. The number of nitriles is 2. The fourth-order valence-electron chi connectivity index (χ4n) is 8.78. The molecule has 0 saturated heterocycles. The molecule has 4 nitrogen and oxygen atoms in total. The van der Waals surface area contributed by atoms with Gasteiger partial charge in [-0.1, -0.05) is 133 Å². The molecule has 0 saturated carbocycles. The third kappa shape index (κ3) is 4.83. The molecule has 2 heterocycles. The van der Waals surface area contributed by atoms with Crippen LogP contribution in [-0.2, 0) is 5.41 Å². The van der Waals surface area contributed by atoms with Crippen LogP contribution in [0.3, 0.4) is 0 Å². The Kier molecular flexibility index (Phi) is 7.44. The monoisotopic (exact) mass is 700 g/mol. The van der Waals surface area contributed by atoms with Crippen molar-refractivity contribution < 1.29 is 0 Å². The van der Waals surface area contributed by atoms with Gasteiger partial charge in [-0.05, 0) is 82.9 Å². The maximum absolute atomic E-state index is 10.3. The van der Waals surface area contributed by atoms with E-state index in [-0.39, 0.29) is 0 Å². The third-order valence-electron chi connectivity index (χ3n) is 11.2. The summed E-state index contributed by atoms with van der Waals surface area (Å²) in [7, 11) is 0. The SMILES string of the molecule is N#Cc1ccc(C(c2ccccc2)(c2ccc(-n3c4ccccc4c4ccccc43)cc2)c2ccc(-n3c4ccccc4c4ccccc43)cc2)cc1C#N. The Balaban J connectivity index is 1.22. The lowest BCUT2D eigenvalue weighted by atomic mass is 9.64. The number of para-hydroxylation sites is 4. The molecule has 0 N–H and O–H groups in total. The van der Waals surface area contributed by atoms with Gasteiger partial charge in [0.15, 0.2) is 0 Å². The van der Waals surface area contributed by atoms with Gasteiger partial charge in [0, 0.05) is 32.9 Å². The fraction of sp³-hybridized carbons (Fsp3) is 0.0196. The van der Waals surface area contributed by atoms with E-state index in [1.807, 2.05) is 18.2 Å². The quantitative estimate of drug-likeness (QED) is 0.162. The second-order valence-electron chi connectivity index (χ2n) is 13.9. The number of benzene rings is 8. The van der Waals surface area contributed by atoms with Gasteiger partial charge in [0.2, 0.25) is 0 Å². The summed E-state index contributed by atoms with van der Waals surface area (Å²) >= 11 is 0. The largest absolute Gasteiger partial charge is 0.309 e. The molecule has 0 aliphatic rings. The summed E-state index contributed by atoms with van der Waals surface area (Å²) in [6, 6.07) is 72.6. The highest BCUT2D eigenvalue weighted by Crippen LogP contribution is 2.46. The number of nitrogens with zero attached hydrogens (tertiary/aromatic N) is 4. The lowest BCUT2D eigenvalue weighted by Gasteiger charge is -2.37. The first-order chi connectivity index (χ1) is 27.2. The highest BCUT2D eigenvalue weighted by molar-refractivity contribution is 6.10. The van der Waals surface area contributed by atoms with E-state index in [1.165, 1.54) is 21.5 Å². The molecule has 10 rings (SSSR count). The van der Waals surface area contributed by atoms with E-state index in [0.29, 0.717) is 11.1 Å². The molecular weight excluding hydrogens is 669 g/mol. The molecule has 8 aromatic carbocycles. The van der Waals surface area contributed by atoms with Crippen LogP contribution in [0.15, 0.2) is 194 Å². The van der Waals surface area contributed by atoms with E-state index in [0.717, 1.165) is 55.7 Å². The van der Waals surface area contributed by atoms with E-state index >= 15 is 0 Å². The van der Waals surface area contributed by atoms with Crippen molar-refractivity contribution in [2.24, 2.45) is 0 Å². The van der Waals surface area contributed by atoms with Crippen molar-refractivity contribution in [2.75, 3.05) is 0 Å². The number of hydrogen-bond donors (Lipinski definition) is 0. The zero-order chi connectivity index (χ0) is 36.9. The number of hydrogen-bond acceptors (Lipinski definition) is 2. The van der Waals surface area contributed by atoms with Gasteiger partial charge >= 0.3 is 0 Å². The summed E-state index contributed by atoms with van der Waals surface area (Å²) in [6.45, 7) is 0. The minimum atomic E-state index is -0.834. The lowest BCUT2D eigenvalue weighted by molar-refractivity contribution is 0.744. The normalized spacial score (nSPS) is 11.6. The van der Waals surface area contributed by atoms with Crippen LogP contribution in [0.1, 0.15) is 33.4 Å². The molecule has 0 fully saturated rings. The van der Waals surface area contributed by atoms with Gasteiger partial charge in [0.05, 0.1) is 38.6 Å². The average molecular weight is 701 g/mol. The summed E-state index contributed by atoms with van der Waals surface area (Å²) in [5, 5.41) is 25.1. The second-order valence-corrected chi connectivity index (χ2v) is 13.9. The molecule has 4 heteroatoms. The van der Waals surface area contributed by atoms with Crippen molar-refractivity contribution in [1.82, 2.24) is 9.13 Å². The summed E-state index contributed by atoms with van der Waals surface area (Å²) in [5.41, 5.74) is 10.6.